The molecule has 3 aromatic rings. The van der Waals surface area contributed by atoms with E-state index in [-0.39, 0.29) is 18.4 Å². The molecule has 0 aliphatic carbocycles. The standard InChI is InChI=1S/C21H23N5O2/c1-14-22-10-15(11-23-19(27)13-26-9-5-8-20(26)28)21(24-14)17-12-25(2)18-7-4-3-6-16(17)18/h3-4,6-7,10,12H,5,8-9,11,13H2,1-2H3,(H,23,27). The van der Waals surface area contributed by atoms with Crippen molar-refractivity contribution in [2.45, 2.75) is 26.3 Å². The van der Waals surface area contributed by atoms with Crippen LogP contribution in [0.15, 0.2) is 36.7 Å². The maximum absolute atomic E-state index is 12.3. The number of hydrogen-bond donors (Lipinski definition) is 1. The summed E-state index contributed by atoms with van der Waals surface area (Å²) in [5, 5.41) is 4.02. The molecule has 3 heterocycles. The van der Waals surface area contributed by atoms with Crippen molar-refractivity contribution < 1.29 is 9.59 Å². The number of amides is 2. The van der Waals surface area contributed by atoms with Gasteiger partial charge < -0.3 is 14.8 Å². The van der Waals surface area contributed by atoms with Gasteiger partial charge in [0.25, 0.3) is 0 Å². The number of aromatic nitrogens is 3. The lowest BCUT2D eigenvalue weighted by Crippen LogP contribution is -2.37. The fraction of sp³-hybridized carbons (Fsp3) is 0.333. The van der Waals surface area contributed by atoms with Crippen molar-refractivity contribution in [3.63, 3.8) is 0 Å². The summed E-state index contributed by atoms with van der Waals surface area (Å²) >= 11 is 0. The Balaban J connectivity index is 1.58. The third-order valence-corrected chi connectivity index (χ3v) is 5.12. The maximum Gasteiger partial charge on any atom is 0.239 e. The van der Waals surface area contributed by atoms with E-state index in [0.29, 0.717) is 25.3 Å². The van der Waals surface area contributed by atoms with Gasteiger partial charge in [0, 0.05) is 61.0 Å². The molecule has 0 spiro atoms. The first kappa shape index (κ1) is 18.2. The predicted molar refractivity (Wildman–Crippen MR) is 106 cm³/mol. The van der Waals surface area contributed by atoms with E-state index in [1.807, 2.05) is 26.1 Å². The highest BCUT2D eigenvalue weighted by Crippen LogP contribution is 2.30. The fourth-order valence-electron chi connectivity index (χ4n) is 3.68. The van der Waals surface area contributed by atoms with E-state index >= 15 is 0 Å². The normalized spacial score (nSPS) is 14.1. The summed E-state index contributed by atoms with van der Waals surface area (Å²) in [6, 6.07) is 8.16. The summed E-state index contributed by atoms with van der Waals surface area (Å²) in [5.74, 6) is 0.561. The molecule has 1 aliphatic rings. The molecular weight excluding hydrogens is 354 g/mol. The first-order valence-corrected chi connectivity index (χ1v) is 9.44. The topological polar surface area (TPSA) is 80.1 Å². The highest BCUT2D eigenvalue weighted by atomic mass is 16.2. The van der Waals surface area contributed by atoms with E-state index in [1.54, 1.807) is 11.1 Å². The van der Waals surface area contributed by atoms with Crippen molar-refractivity contribution in [3.05, 3.63) is 48.0 Å². The second-order valence-electron chi connectivity index (χ2n) is 7.16. The van der Waals surface area contributed by atoms with Crippen molar-refractivity contribution >= 4 is 22.7 Å². The van der Waals surface area contributed by atoms with Crippen LogP contribution < -0.4 is 5.32 Å². The zero-order valence-electron chi connectivity index (χ0n) is 16.1. The summed E-state index contributed by atoms with van der Waals surface area (Å²) in [7, 11) is 2.01. The van der Waals surface area contributed by atoms with Crippen molar-refractivity contribution in [3.8, 4) is 11.3 Å². The van der Waals surface area contributed by atoms with E-state index in [2.05, 4.69) is 38.2 Å². The summed E-state index contributed by atoms with van der Waals surface area (Å²) < 4.78 is 2.07. The predicted octanol–water partition coefficient (Wildman–Crippen LogP) is 2.18. The maximum atomic E-state index is 12.3. The average Bonchev–Trinajstić information content (AvgIpc) is 3.24. The quantitative estimate of drug-likeness (QED) is 0.739. The van der Waals surface area contributed by atoms with E-state index in [4.69, 9.17) is 0 Å². The molecule has 0 saturated carbocycles. The number of carbonyl (C=O) groups is 2. The smallest absolute Gasteiger partial charge is 0.239 e. The van der Waals surface area contributed by atoms with Crippen LogP contribution in [0.5, 0.6) is 0 Å². The number of benzene rings is 1. The third-order valence-electron chi connectivity index (χ3n) is 5.12. The van der Waals surface area contributed by atoms with Crippen LogP contribution in [0.4, 0.5) is 0 Å². The molecule has 0 radical (unpaired) electrons. The fourth-order valence-corrected chi connectivity index (χ4v) is 3.68. The molecule has 1 aliphatic heterocycles. The van der Waals surface area contributed by atoms with Gasteiger partial charge in [0.15, 0.2) is 0 Å². The molecule has 7 nitrogen and oxygen atoms in total. The Labute approximate surface area is 163 Å². The van der Waals surface area contributed by atoms with E-state index in [1.165, 1.54) is 0 Å². The molecule has 1 saturated heterocycles. The zero-order chi connectivity index (χ0) is 19.7. The van der Waals surface area contributed by atoms with Gasteiger partial charge in [-0.1, -0.05) is 18.2 Å². The van der Waals surface area contributed by atoms with Gasteiger partial charge in [-0.05, 0) is 19.4 Å². The molecule has 0 atom stereocenters. The van der Waals surface area contributed by atoms with Gasteiger partial charge in [-0.3, -0.25) is 9.59 Å². The molecular formula is C21H23N5O2. The Morgan fingerprint density at radius 1 is 1.29 bits per heavy atom. The van der Waals surface area contributed by atoms with Crippen LogP contribution in [-0.2, 0) is 23.2 Å². The first-order chi connectivity index (χ1) is 13.5. The van der Waals surface area contributed by atoms with Crippen LogP contribution in [0.3, 0.4) is 0 Å². The molecule has 1 fully saturated rings. The highest BCUT2D eigenvalue weighted by molar-refractivity contribution is 5.95. The number of carbonyl (C=O) groups excluding carboxylic acids is 2. The van der Waals surface area contributed by atoms with Crippen LogP contribution in [0.1, 0.15) is 24.2 Å². The number of nitrogens with one attached hydrogen (secondary N) is 1. The second-order valence-corrected chi connectivity index (χ2v) is 7.16. The summed E-state index contributed by atoms with van der Waals surface area (Å²) in [4.78, 5) is 34.6. The van der Waals surface area contributed by atoms with Gasteiger partial charge in [0.05, 0.1) is 12.2 Å². The molecule has 2 aromatic heterocycles. The van der Waals surface area contributed by atoms with Crippen LogP contribution in [0.2, 0.25) is 0 Å². The SMILES string of the molecule is Cc1ncc(CNC(=O)CN2CCCC2=O)c(-c2cn(C)c3ccccc23)n1. The van der Waals surface area contributed by atoms with E-state index in [0.717, 1.165) is 34.1 Å². The minimum Gasteiger partial charge on any atom is -0.350 e. The lowest BCUT2D eigenvalue weighted by molar-refractivity contribution is -0.133. The van der Waals surface area contributed by atoms with Gasteiger partial charge in [-0.2, -0.15) is 0 Å². The van der Waals surface area contributed by atoms with Gasteiger partial charge in [-0.25, -0.2) is 9.97 Å². The third kappa shape index (κ3) is 3.47. The molecule has 2 amide bonds. The van der Waals surface area contributed by atoms with Crippen molar-refractivity contribution in [1.82, 2.24) is 24.8 Å². The van der Waals surface area contributed by atoms with Crippen molar-refractivity contribution in [2.24, 2.45) is 7.05 Å². The Morgan fingerprint density at radius 3 is 2.89 bits per heavy atom. The second kappa shape index (κ2) is 7.42. The summed E-state index contributed by atoms with van der Waals surface area (Å²) in [5.41, 5.74) is 3.81. The average molecular weight is 377 g/mol. The zero-order valence-corrected chi connectivity index (χ0v) is 16.1. The molecule has 1 aromatic carbocycles. The molecule has 0 unspecified atom stereocenters. The Kier molecular flexibility index (Phi) is 4.81. The summed E-state index contributed by atoms with van der Waals surface area (Å²) in [6.07, 6.45) is 5.18. The van der Waals surface area contributed by atoms with Gasteiger partial charge in [-0.15, -0.1) is 0 Å². The highest BCUT2D eigenvalue weighted by Gasteiger charge is 2.22. The van der Waals surface area contributed by atoms with E-state index < -0.39 is 0 Å². The molecule has 1 N–H and O–H groups in total. The van der Waals surface area contributed by atoms with Crippen LogP contribution in [0, 0.1) is 6.92 Å². The number of aryl methyl sites for hydroxylation is 2. The molecule has 7 heteroatoms. The summed E-state index contributed by atoms with van der Waals surface area (Å²) in [6.45, 7) is 2.94. The number of nitrogens with zero attached hydrogens (tertiary/aromatic N) is 4. The molecule has 4 rings (SSSR count). The minimum atomic E-state index is -0.167. The van der Waals surface area contributed by atoms with Gasteiger partial charge in [0.2, 0.25) is 11.8 Å². The van der Waals surface area contributed by atoms with Crippen molar-refractivity contribution in [1.29, 1.82) is 0 Å². The van der Waals surface area contributed by atoms with Crippen LogP contribution in [-0.4, -0.2) is 44.3 Å². The van der Waals surface area contributed by atoms with Crippen LogP contribution >= 0.6 is 0 Å². The number of fused-ring (bicyclic) bond motifs is 1. The van der Waals surface area contributed by atoms with E-state index in [9.17, 15) is 9.59 Å². The molecule has 144 valence electrons. The number of para-hydroxylation sites is 1. The number of hydrogen-bond acceptors (Lipinski definition) is 4. The van der Waals surface area contributed by atoms with Gasteiger partial charge in [0.1, 0.15) is 5.82 Å². The molecule has 0 bridgehead atoms. The van der Waals surface area contributed by atoms with Crippen molar-refractivity contribution in [2.75, 3.05) is 13.1 Å². The largest absolute Gasteiger partial charge is 0.350 e. The Hall–Kier alpha value is -3.22. The lowest BCUT2D eigenvalue weighted by atomic mass is 10.1. The monoisotopic (exact) mass is 377 g/mol. The number of rotatable bonds is 5. The Bertz CT molecular complexity index is 1060. The van der Waals surface area contributed by atoms with Gasteiger partial charge >= 0.3 is 0 Å². The lowest BCUT2D eigenvalue weighted by Gasteiger charge is -2.15. The first-order valence-electron chi connectivity index (χ1n) is 9.44. The Morgan fingerprint density at radius 2 is 2.11 bits per heavy atom. The van der Waals surface area contributed by atoms with Crippen LogP contribution in [0.25, 0.3) is 22.2 Å². The molecule has 28 heavy (non-hydrogen) atoms. The minimum absolute atomic E-state index is 0.0465. The number of likely N-dealkylation sites (tertiary alicyclic amines) is 1.